The molecule has 9 aromatic carbocycles. The number of fused-ring (bicyclic) bond motifs is 7. The van der Waals surface area contributed by atoms with Gasteiger partial charge in [0.15, 0.2) is 0 Å². The van der Waals surface area contributed by atoms with Crippen LogP contribution in [0.2, 0.25) is 0 Å². The van der Waals surface area contributed by atoms with Crippen molar-refractivity contribution in [3.63, 3.8) is 0 Å². The van der Waals surface area contributed by atoms with Crippen molar-refractivity contribution in [3.05, 3.63) is 176 Å². The number of para-hydroxylation sites is 2. The number of nitrogens with zero attached hydrogens (tertiary/aromatic N) is 1. The summed E-state index contributed by atoms with van der Waals surface area (Å²) in [5.74, 6) is 0. The van der Waals surface area contributed by atoms with E-state index < -0.39 is 0 Å². The van der Waals surface area contributed by atoms with Crippen molar-refractivity contribution in [3.8, 4) is 22.3 Å². The highest BCUT2D eigenvalue weighted by Gasteiger charge is 2.26. The molecule has 9 aromatic rings. The van der Waals surface area contributed by atoms with Gasteiger partial charge in [-0.3, -0.25) is 0 Å². The Morgan fingerprint density at radius 2 is 0.854 bits per heavy atom. The fraction of sp³-hybridized carbons (Fsp3) is 0. The molecule has 0 unspecified atom stereocenters. The normalized spacial score (nSPS) is 12.5. The first-order chi connectivity index (χ1) is 23.8. The second-order valence-electron chi connectivity index (χ2n) is 12.5. The molecule has 0 radical (unpaired) electrons. The van der Waals surface area contributed by atoms with Gasteiger partial charge >= 0.3 is 0 Å². The van der Waals surface area contributed by atoms with E-state index in [4.69, 9.17) is 0 Å². The van der Waals surface area contributed by atoms with E-state index in [1.807, 2.05) is 11.8 Å². The average molecular weight is 628 g/mol. The average Bonchev–Trinajstić information content (AvgIpc) is 3.15. The molecule has 48 heavy (non-hydrogen) atoms. The number of anilines is 3. The lowest BCUT2D eigenvalue weighted by Crippen LogP contribution is -2.14. The van der Waals surface area contributed by atoms with Crippen molar-refractivity contribution >= 4 is 71.9 Å². The molecular weight excluding hydrogens is 599 g/mol. The standard InChI is InChI=1S/C46H29NS/c1-2-13-34(14-3-1)47-41-20-10-11-21-43(41)48-44-29-33(25-27-42(44)47)46-39-18-8-6-16-37(39)45(38-17-7-9-19-40(38)46)32-24-26-36-31(28-32)23-22-30-12-4-5-15-35(30)36/h1-29H. The molecule has 1 nitrogen and oxygen atoms in total. The predicted octanol–water partition coefficient (Wildman–Crippen LogP) is 13.6. The van der Waals surface area contributed by atoms with Crippen LogP contribution in [0, 0.1) is 0 Å². The summed E-state index contributed by atoms with van der Waals surface area (Å²) in [5.41, 5.74) is 8.65. The van der Waals surface area contributed by atoms with Crippen molar-refractivity contribution in [1.29, 1.82) is 0 Å². The van der Waals surface area contributed by atoms with Crippen molar-refractivity contribution in [2.45, 2.75) is 9.79 Å². The highest BCUT2D eigenvalue weighted by atomic mass is 32.2. The van der Waals surface area contributed by atoms with E-state index in [1.54, 1.807) is 0 Å². The van der Waals surface area contributed by atoms with Crippen LogP contribution in [0.4, 0.5) is 17.1 Å². The molecule has 2 heteroatoms. The van der Waals surface area contributed by atoms with Gasteiger partial charge < -0.3 is 4.90 Å². The van der Waals surface area contributed by atoms with Gasteiger partial charge in [0.25, 0.3) is 0 Å². The maximum Gasteiger partial charge on any atom is 0.0602 e. The lowest BCUT2D eigenvalue weighted by Gasteiger charge is -2.33. The van der Waals surface area contributed by atoms with E-state index >= 15 is 0 Å². The zero-order valence-electron chi connectivity index (χ0n) is 26.1. The van der Waals surface area contributed by atoms with Crippen LogP contribution < -0.4 is 4.90 Å². The zero-order chi connectivity index (χ0) is 31.6. The highest BCUT2D eigenvalue weighted by Crippen LogP contribution is 2.53. The van der Waals surface area contributed by atoms with Crippen LogP contribution in [0.3, 0.4) is 0 Å². The third-order valence-electron chi connectivity index (χ3n) is 9.79. The van der Waals surface area contributed by atoms with Crippen LogP contribution in [-0.2, 0) is 0 Å². The van der Waals surface area contributed by atoms with Crippen molar-refractivity contribution in [1.82, 2.24) is 0 Å². The van der Waals surface area contributed by atoms with E-state index in [-0.39, 0.29) is 0 Å². The van der Waals surface area contributed by atoms with Crippen LogP contribution in [-0.4, -0.2) is 0 Å². The molecule has 0 saturated heterocycles. The Kier molecular flexibility index (Phi) is 6.18. The van der Waals surface area contributed by atoms with Gasteiger partial charge in [0.05, 0.1) is 11.4 Å². The fourth-order valence-electron chi connectivity index (χ4n) is 7.69. The summed E-state index contributed by atoms with van der Waals surface area (Å²) in [5, 5.41) is 10.2. The summed E-state index contributed by atoms with van der Waals surface area (Å²) in [6, 6.07) is 64.5. The fourth-order valence-corrected chi connectivity index (χ4v) is 8.78. The second-order valence-corrected chi connectivity index (χ2v) is 13.6. The van der Waals surface area contributed by atoms with Gasteiger partial charge in [0, 0.05) is 15.5 Å². The molecule has 0 amide bonds. The third-order valence-corrected chi connectivity index (χ3v) is 10.9. The Hall–Kier alpha value is -5.83. The number of rotatable bonds is 3. The molecule has 1 heterocycles. The minimum absolute atomic E-state index is 1.17. The maximum absolute atomic E-state index is 2.40. The summed E-state index contributed by atoms with van der Waals surface area (Å²) in [7, 11) is 0. The van der Waals surface area contributed by atoms with E-state index in [1.165, 1.54) is 92.2 Å². The lowest BCUT2D eigenvalue weighted by molar-refractivity contribution is 1.17. The Balaban J connectivity index is 1.20. The number of hydrogen-bond acceptors (Lipinski definition) is 2. The summed E-state index contributed by atoms with van der Waals surface area (Å²) < 4.78 is 0. The molecule has 1 aliphatic heterocycles. The van der Waals surface area contributed by atoms with Crippen LogP contribution in [0.15, 0.2) is 186 Å². The van der Waals surface area contributed by atoms with Crippen LogP contribution in [0.1, 0.15) is 0 Å². The van der Waals surface area contributed by atoms with E-state index in [0.29, 0.717) is 0 Å². The van der Waals surface area contributed by atoms with Gasteiger partial charge in [0.1, 0.15) is 0 Å². The molecule has 0 aromatic heterocycles. The molecule has 0 aliphatic carbocycles. The Morgan fingerprint density at radius 3 is 1.58 bits per heavy atom. The monoisotopic (exact) mass is 627 g/mol. The first-order valence-electron chi connectivity index (χ1n) is 16.4. The van der Waals surface area contributed by atoms with Gasteiger partial charge in [-0.05, 0) is 108 Å². The molecule has 224 valence electrons. The Bertz CT molecular complexity index is 2650. The van der Waals surface area contributed by atoms with Crippen molar-refractivity contribution in [2.75, 3.05) is 4.90 Å². The van der Waals surface area contributed by atoms with Gasteiger partial charge in [-0.15, -0.1) is 0 Å². The third kappa shape index (κ3) is 4.20. The Labute approximate surface area is 283 Å². The van der Waals surface area contributed by atoms with E-state index in [9.17, 15) is 0 Å². The van der Waals surface area contributed by atoms with Gasteiger partial charge in [0.2, 0.25) is 0 Å². The summed E-state index contributed by atoms with van der Waals surface area (Å²) >= 11 is 1.86. The summed E-state index contributed by atoms with van der Waals surface area (Å²) in [6.07, 6.45) is 0. The molecule has 10 rings (SSSR count). The largest absolute Gasteiger partial charge is 0.308 e. The maximum atomic E-state index is 2.40. The molecular formula is C46H29NS. The molecule has 0 saturated carbocycles. The van der Waals surface area contributed by atoms with Crippen LogP contribution in [0.25, 0.3) is 65.3 Å². The zero-order valence-corrected chi connectivity index (χ0v) is 26.9. The SMILES string of the molecule is c1ccc(N2c3ccccc3Sc3cc(-c4c5ccccc5c(-c5ccc6c(ccc7ccccc76)c5)c5ccccc45)ccc32)cc1. The van der Waals surface area contributed by atoms with Crippen LogP contribution in [0.5, 0.6) is 0 Å². The second kappa shape index (κ2) is 10.9. The van der Waals surface area contributed by atoms with Crippen molar-refractivity contribution in [2.24, 2.45) is 0 Å². The number of hydrogen-bond donors (Lipinski definition) is 0. The first-order valence-corrected chi connectivity index (χ1v) is 17.3. The highest BCUT2D eigenvalue weighted by molar-refractivity contribution is 7.99. The Morgan fingerprint density at radius 1 is 0.333 bits per heavy atom. The molecule has 0 N–H and O–H groups in total. The van der Waals surface area contributed by atoms with Gasteiger partial charge in [-0.25, -0.2) is 0 Å². The predicted molar refractivity (Wildman–Crippen MR) is 206 cm³/mol. The molecule has 0 bridgehead atoms. The molecule has 0 atom stereocenters. The summed E-state index contributed by atoms with van der Waals surface area (Å²) in [6.45, 7) is 0. The minimum atomic E-state index is 1.17. The molecule has 1 aliphatic rings. The first kappa shape index (κ1) is 27.3. The lowest BCUT2D eigenvalue weighted by atomic mass is 9.85. The van der Waals surface area contributed by atoms with E-state index in [2.05, 4.69) is 181 Å². The molecule has 0 fully saturated rings. The summed E-state index contributed by atoms with van der Waals surface area (Å²) in [4.78, 5) is 4.92. The number of benzene rings is 9. The van der Waals surface area contributed by atoms with Crippen LogP contribution >= 0.6 is 11.8 Å². The van der Waals surface area contributed by atoms with Gasteiger partial charge in [-0.1, -0.05) is 145 Å². The molecule has 0 spiro atoms. The smallest absolute Gasteiger partial charge is 0.0602 e. The van der Waals surface area contributed by atoms with Crippen molar-refractivity contribution < 1.29 is 0 Å². The minimum Gasteiger partial charge on any atom is -0.308 e. The quantitative estimate of drug-likeness (QED) is 0.142. The topological polar surface area (TPSA) is 3.24 Å². The van der Waals surface area contributed by atoms with E-state index in [0.717, 1.165) is 0 Å². The van der Waals surface area contributed by atoms with Gasteiger partial charge in [-0.2, -0.15) is 0 Å².